The molecule has 100 valence electrons. The molecule has 4 rings (SSSR count). The van der Waals surface area contributed by atoms with Gasteiger partial charge in [0.05, 0.1) is 13.3 Å². The Kier molecular flexibility index (Phi) is 2.50. The molecule has 0 amide bonds. The van der Waals surface area contributed by atoms with Crippen molar-refractivity contribution in [3.05, 3.63) is 35.4 Å². The molecule has 1 aromatic rings. The van der Waals surface area contributed by atoms with Crippen LogP contribution in [0.15, 0.2) is 24.3 Å². The summed E-state index contributed by atoms with van der Waals surface area (Å²) in [6.07, 6.45) is 0.554. The molecule has 3 aliphatic heterocycles. The van der Waals surface area contributed by atoms with Gasteiger partial charge in [-0.3, -0.25) is 4.79 Å². The fourth-order valence-corrected chi connectivity index (χ4v) is 3.45. The predicted molar refractivity (Wildman–Crippen MR) is 70.1 cm³/mol. The van der Waals surface area contributed by atoms with E-state index in [1.165, 1.54) is 4.90 Å². The van der Waals surface area contributed by atoms with Crippen LogP contribution in [0, 0.1) is 6.92 Å². The van der Waals surface area contributed by atoms with Crippen molar-refractivity contribution in [3.8, 4) is 0 Å². The van der Waals surface area contributed by atoms with Crippen LogP contribution in [-0.2, 0) is 0 Å². The number of rotatable bonds is 3. The third-order valence-corrected chi connectivity index (χ3v) is 4.31. The Bertz CT molecular complexity index is 516. The summed E-state index contributed by atoms with van der Waals surface area (Å²) in [6, 6.07) is 7.91. The quantitative estimate of drug-likeness (QED) is 0.715. The maximum absolute atomic E-state index is 12.3. The Labute approximate surface area is 113 Å². The van der Waals surface area contributed by atoms with Gasteiger partial charge in [-0.1, -0.05) is 23.8 Å². The van der Waals surface area contributed by atoms with Crippen LogP contribution in [0.5, 0.6) is 0 Å². The second kappa shape index (κ2) is 4.11. The molecule has 0 spiro atoms. The van der Waals surface area contributed by atoms with E-state index in [0.717, 1.165) is 37.8 Å². The summed E-state index contributed by atoms with van der Waals surface area (Å²) in [7, 11) is 0. The number of carbonyl (C=O) groups excluding carboxylic acids is 1. The van der Waals surface area contributed by atoms with Gasteiger partial charge in [-0.15, -0.1) is 0 Å². The van der Waals surface area contributed by atoms with Crippen molar-refractivity contribution in [1.29, 1.82) is 0 Å². The third-order valence-electron chi connectivity index (χ3n) is 4.31. The van der Waals surface area contributed by atoms with Crippen LogP contribution < -0.4 is 4.90 Å². The lowest BCUT2D eigenvalue weighted by molar-refractivity contribution is -0.934. The van der Waals surface area contributed by atoms with Crippen molar-refractivity contribution in [2.45, 2.75) is 13.2 Å². The number of hydrogen-bond acceptors (Lipinski definition) is 4. The van der Waals surface area contributed by atoms with Gasteiger partial charge in [0.2, 0.25) is 5.78 Å². The number of hydrogen-bond donors (Lipinski definition) is 1. The third kappa shape index (κ3) is 1.81. The van der Waals surface area contributed by atoms with Crippen molar-refractivity contribution in [3.63, 3.8) is 0 Å². The van der Waals surface area contributed by atoms with E-state index in [2.05, 4.69) is 14.7 Å². The minimum atomic E-state index is 0.259. The van der Waals surface area contributed by atoms with Gasteiger partial charge in [-0.2, -0.15) is 0 Å². The van der Waals surface area contributed by atoms with E-state index >= 15 is 0 Å². The number of nitrogens with zero attached hydrogens (tertiary/aromatic N) is 3. The highest BCUT2D eigenvalue weighted by molar-refractivity contribution is 5.96. The molecule has 5 heteroatoms. The summed E-state index contributed by atoms with van der Waals surface area (Å²) in [4.78, 5) is 21.0. The SMILES string of the molecule is Cc1cccc(C(=O)C[NH+]2CN3CN4CN(C2)C43)c1. The fourth-order valence-electron chi connectivity index (χ4n) is 3.45. The molecular formula is C14H19N4O+. The maximum atomic E-state index is 12.3. The van der Waals surface area contributed by atoms with Crippen LogP contribution in [0.2, 0.25) is 0 Å². The first-order valence-electron chi connectivity index (χ1n) is 6.86. The van der Waals surface area contributed by atoms with Gasteiger partial charge in [0.1, 0.15) is 26.2 Å². The topological polar surface area (TPSA) is 31.2 Å². The number of Topliss-reactive ketones (excluding diaryl/α,β-unsaturated/α-hetero) is 1. The molecule has 3 aliphatic rings. The number of aryl methyl sites for hydroxylation is 1. The van der Waals surface area contributed by atoms with Gasteiger partial charge in [-0.05, 0) is 13.0 Å². The van der Waals surface area contributed by atoms with Crippen LogP contribution in [0.1, 0.15) is 15.9 Å². The minimum Gasteiger partial charge on any atom is -0.303 e. The molecule has 0 aliphatic carbocycles. The summed E-state index contributed by atoms with van der Waals surface area (Å²) in [5, 5.41) is 0. The normalized spacial score (nSPS) is 30.4. The lowest BCUT2D eigenvalue weighted by Crippen LogP contribution is -3.21. The summed E-state index contributed by atoms with van der Waals surface area (Å²) in [5.41, 5.74) is 2.00. The second-order valence-corrected chi connectivity index (χ2v) is 5.93. The van der Waals surface area contributed by atoms with E-state index in [4.69, 9.17) is 0 Å². The van der Waals surface area contributed by atoms with Crippen LogP contribution in [0.25, 0.3) is 0 Å². The molecule has 1 aromatic carbocycles. The predicted octanol–water partition coefficient (Wildman–Crippen LogP) is -0.877. The Morgan fingerprint density at radius 3 is 2.63 bits per heavy atom. The highest BCUT2D eigenvalue weighted by Crippen LogP contribution is 2.30. The molecule has 3 saturated heterocycles. The highest BCUT2D eigenvalue weighted by Gasteiger charge is 2.54. The van der Waals surface area contributed by atoms with E-state index in [0.29, 0.717) is 12.8 Å². The van der Waals surface area contributed by atoms with Crippen molar-refractivity contribution < 1.29 is 9.69 Å². The minimum absolute atomic E-state index is 0.259. The van der Waals surface area contributed by atoms with E-state index in [-0.39, 0.29) is 5.78 Å². The van der Waals surface area contributed by atoms with E-state index in [1.807, 2.05) is 31.2 Å². The number of ketones is 1. The molecule has 3 heterocycles. The first-order chi connectivity index (χ1) is 9.20. The molecule has 3 fully saturated rings. The molecule has 1 N–H and O–H groups in total. The number of nitrogens with one attached hydrogen (secondary N) is 1. The summed E-state index contributed by atoms with van der Waals surface area (Å²) >= 11 is 0. The molecule has 0 bridgehead atoms. The zero-order chi connectivity index (χ0) is 13.0. The molecule has 0 saturated carbocycles. The molecular weight excluding hydrogens is 240 g/mol. The maximum Gasteiger partial charge on any atom is 0.216 e. The van der Waals surface area contributed by atoms with Gasteiger partial charge < -0.3 is 4.90 Å². The standard InChI is InChI=1S/C14H18N4O/c1-11-3-2-4-12(5-11)13(19)6-15-7-16-9-18-10-17(8-15)14(16)18/h2-5,14H,6-10H2,1H3/p+1. The average molecular weight is 259 g/mol. The second-order valence-electron chi connectivity index (χ2n) is 5.93. The Morgan fingerprint density at radius 1 is 1.26 bits per heavy atom. The lowest BCUT2D eigenvalue weighted by Gasteiger charge is -2.66. The van der Waals surface area contributed by atoms with E-state index in [9.17, 15) is 4.79 Å². The van der Waals surface area contributed by atoms with Crippen molar-refractivity contribution in [2.75, 3.05) is 33.2 Å². The van der Waals surface area contributed by atoms with Gasteiger partial charge in [0.15, 0.2) is 0 Å². The van der Waals surface area contributed by atoms with Gasteiger partial charge in [0.25, 0.3) is 0 Å². The Hall–Kier alpha value is -1.27. The number of benzene rings is 1. The van der Waals surface area contributed by atoms with Crippen LogP contribution >= 0.6 is 0 Å². The first-order valence-corrected chi connectivity index (χ1v) is 6.86. The molecule has 19 heavy (non-hydrogen) atoms. The lowest BCUT2D eigenvalue weighted by atomic mass is 10.1. The smallest absolute Gasteiger partial charge is 0.216 e. The molecule has 0 unspecified atom stereocenters. The summed E-state index contributed by atoms with van der Waals surface area (Å²) in [6.45, 7) is 6.77. The zero-order valence-corrected chi connectivity index (χ0v) is 11.2. The van der Waals surface area contributed by atoms with Crippen LogP contribution in [-0.4, -0.2) is 60.0 Å². The molecule has 5 nitrogen and oxygen atoms in total. The van der Waals surface area contributed by atoms with Crippen molar-refractivity contribution in [2.24, 2.45) is 0 Å². The highest BCUT2D eigenvalue weighted by atomic mass is 16.1. The van der Waals surface area contributed by atoms with E-state index in [1.54, 1.807) is 0 Å². The van der Waals surface area contributed by atoms with Gasteiger partial charge in [0, 0.05) is 5.56 Å². The molecule has 0 atom stereocenters. The summed E-state index contributed by atoms with van der Waals surface area (Å²) in [5.74, 6) is 0.259. The van der Waals surface area contributed by atoms with Crippen molar-refractivity contribution in [1.82, 2.24) is 14.7 Å². The fraction of sp³-hybridized carbons (Fsp3) is 0.500. The largest absolute Gasteiger partial charge is 0.303 e. The summed E-state index contributed by atoms with van der Waals surface area (Å²) < 4.78 is 0. The number of carbonyl (C=O) groups is 1. The average Bonchev–Trinajstić information content (AvgIpc) is 2.32. The first kappa shape index (κ1) is 11.5. The van der Waals surface area contributed by atoms with Crippen LogP contribution in [0.3, 0.4) is 0 Å². The monoisotopic (exact) mass is 259 g/mol. The number of quaternary nitrogens is 1. The molecule has 0 radical (unpaired) electrons. The Morgan fingerprint density at radius 2 is 2.00 bits per heavy atom. The van der Waals surface area contributed by atoms with Crippen molar-refractivity contribution >= 4 is 5.78 Å². The van der Waals surface area contributed by atoms with Gasteiger partial charge in [-0.25, -0.2) is 14.7 Å². The van der Waals surface area contributed by atoms with Crippen LogP contribution in [0.4, 0.5) is 0 Å². The molecule has 0 aromatic heterocycles. The zero-order valence-electron chi connectivity index (χ0n) is 11.2. The van der Waals surface area contributed by atoms with Gasteiger partial charge >= 0.3 is 0 Å². The Balaban J connectivity index is 1.42. The van der Waals surface area contributed by atoms with E-state index < -0.39 is 0 Å².